The quantitative estimate of drug-likeness (QED) is 0.911. The van der Waals surface area contributed by atoms with Crippen LogP contribution in [0, 0.1) is 6.92 Å². The van der Waals surface area contributed by atoms with Crippen LogP contribution < -0.4 is 0 Å². The Bertz CT molecular complexity index is 615. The van der Waals surface area contributed by atoms with Gasteiger partial charge in [0.1, 0.15) is 0 Å². The van der Waals surface area contributed by atoms with E-state index in [2.05, 4.69) is 28.9 Å². The molecule has 3 nitrogen and oxygen atoms in total. The Labute approximate surface area is 120 Å². The van der Waals surface area contributed by atoms with E-state index in [1.54, 1.807) is 0 Å². The molecule has 2 aromatic rings. The SMILES string of the molecule is CCN1CCC(O)(c2ccc3nc(C)ccc3c2)CC1. The summed E-state index contributed by atoms with van der Waals surface area (Å²) < 4.78 is 0. The van der Waals surface area contributed by atoms with Gasteiger partial charge in [-0.3, -0.25) is 4.98 Å². The fourth-order valence-electron chi connectivity index (χ4n) is 3.04. The number of piperidine rings is 1. The molecule has 20 heavy (non-hydrogen) atoms. The molecule has 0 bridgehead atoms. The van der Waals surface area contributed by atoms with Gasteiger partial charge in [0.2, 0.25) is 0 Å². The second-order valence-electron chi connectivity index (χ2n) is 5.83. The van der Waals surface area contributed by atoms with Crippen LogP contribution in [0.2, 0.25) is 0 Å². The third kappa shape index (κ3) is 2.43. The lowest BCUT2D eigenvalue weighted by Crippen LogP contribution is -2.42. The highest BCUT2D eigenvalue weighted by atomic mass is 16.3. The molecule has 0 radical (unpaired) electrons. The van der Waals surface area contributed by atoms with Gasteiger partial charge in [-0.1, -0.05) is 19.1 Å². The summed E-state index contributed by atoms with van der Waals surface area (Å²) in [6.07, 6.45) is 1.62. The molecule has 0 aliphatic carbocycles. The smallest absolute Gasteiger partial charge is 0.0921 e. The number of fused-ring (bicyclic) bond motifs is 1. The van der Waals surface area contributed by atoms with Crippen LogP contribution in [0.5, 0.6) is 0 Å². The van der Waals surface area contributed by atoms with Crippen molar-refractivity contribution in [2.75, 3.05) is 19.6 Å². The first-order chi connectivity index (χ1) is 9.60. The number of rotatable bonds is 2. The molecule has 3 heteroatoms. The van der Waals surface area contributed by atoms with Gasteiger partial charge < -0.3 is 10.0 Å². The van der Waals surface area contributed by atoms with Crippen molar-refractivity contribution in [1.82, 2.24) is 9.88 Å². The van der Waals surface area contributed by atoms with Crippen LogP contribution in [-0.4, -0.2) is 34.6 Å². The minimum Gasteiger partial charge on any atom is -0.385 e. The van der Waals surface area contributed by atoms with E-state index in [1.165, 1.54) is 0 Å². The normalized spacial score (nSPS) is 19.4. The van der Waals surface area contributed by atoms with Gasteiger partial charge in [0.25, 0.3) is 0 Å². The van der Waals surface area contributed by atoms with Crippen LogP contribution in [0.15, 0.2) is 30.3 Å². The number of likely N-dealkylation sites (tertiary alicyclic amines) is 1. The van der Waals surface area contributed by atoms with E-state index in [0.717, 1.165) is 54.6 Å². The van der Waals surface area contributed by atoms with E-state index in [9.17, 15) is 5.11 Å². The van der Waals surface area contributed by atoms with Gasteiger partial charge in [-0.2, -0.15) is 0 Å². The maximum absolute atomic E-state index is 10.9. The first-order valence-corrected chi connectivity index (χ1v) is 7.43. The van der Waals surface area contributed by atoms with Gasteiger partial charge in [-0.15, -0.1) is 0 Å². The predicted octanol–water partition coefficient (Wildman–Crippen LogP) is 2.85. The fourth-order valence-corrected chi connectivity index (χ4v) is 3.04. The van der Waals surface area contributed by atoms with Crippen LogP contribution in [0.3, 0.4) is 0 Å². The van der Waals surface area contributed by atoms with E-state index < -0.39 is 5.60 Å². The maximum Gasteiger partial charge on any atom is 0.0921 e. The molecule has 1 aliphatic heterocycles. The molecule has 1 fully saturated rings. The second kappa shape index (κ2) is 5.15. The van der Waals surface area contributed by atoms with Crippen LogP contribution >= 0.6 is 0 Å². The highest BCUT2D eigenvalue weighted by molar-refractivity contribution is 5.79. The zero-order valence-electron chi connectivity index (χ0n) is 12.3. The number of aliphatic hydroxyl groups is 1. The summed E-state index contributed by atoms with van der Waals surface area (Å²) in [6, 6.07) is 10.3. The predicted molar refractivity (Wildman–Crippen MR) is 81.7 cm³/mol. The molecule has 1 N–H and O–H groups in total. The summed E-state index contributed by atoms with van der Waals surface area (Å²) >= 11 is 0. The molecule has 1 saturated heterocycles. The topological polar surface area (TPSA) is 36.4 Å². The molecule has 1 aromatic carbocycles. The lowest BCUT2D eigenvalue weighted by Gasteiger charge is -2.38. The van der Waals surface area contributed by atoms with Gasteiger partial charge in [0.05, 0.1) is 11.1 Å². The molecule has 0 atom stereocenters. The van der Waals surface area contributed by atoms with Gasteiger partial charge in [-0.25, -0.2) is 0 Å². The van der Waals surface area contributed by atoms with Crippen molar-refractivity contribution in [2.24, 2.45) is 0 Å². The number of hydrogen-bond acceptors (Lipinski definition) is 3. The Kier molecular flexibility index (Phi) is 3.48. The first-order valence-electron chi connectivity index (χ1n) is 7.43. The summed E-state index contributed by atoms with van der Waals surface area (Å²) in [5.41, 5.74) is 2.39. The number of benzene rings is 1. The zero-order chi connectivity index (χ0) is 14.2. The highest BCUT2D eigenvalue weighted by Crippen LogP contribution is 2.34. The monoisotopic (exact) mass is 270 g/mol. The van der Waals surface area contributed by atoms with Crippen LogP contribution in [0.25, 0.3) is 10.9 Å². The third-order valence-corrected chi connectivity index (χ3v) is 4.50. The van der Waals surface area contributed by atoms with E-state index in [0.29, 0.717) is 0 Å². The maximum atomic E-state index is 10.9. The van der Waals surface area contributed by atoms with Crippen molar-refractivity contribution < 1.29 is 5.11 Å². The minimum absolute atomic E-state index is 0.676. The summed E-state index contributed by atoms with van der Waals surface area (Å²) in [6.45, 7) is 7.18. The zero-order valence-corrected chi connectivity index (χ0v) is 12.3. The van der Waals surface area contributed by atoms with E-state index in [1.807, 2.05) is 25.1 Å². The average molecular weight is 270 g/mol. The Morgan fingerprint density at radius 3 is 2.65 bits per heavy atom. The summed E-state index contributed by atoms with van der Waals surface area (Å²) in [5.74, 6) is 0. The van der Waals surface area contributed by atoms with Crippen molar-refractivity contribution in [1.29, 1.82) is 0 Å². The van der Waals surface area contributed by atoms with Crippen LogP contribution in [0.4, 0.5) is 0 Å². The van der Waals surface area contributed by atoms with Crippen LogP contribution in [-0.2, 0) is 5.60 Å². The molecule has 0 amide bonds. The molecular weight excluding hydrogens is 248 g/mol. The number of nitrogens with zero attached hydrogens (tertiary/aromatic N) is 2. The summed E-state index contributed by atoms with van der Waals surface area (Å²) in [5, 5.41) is 12.0. The summed E-state index contributed by atoms with van der Waals surface area (Å²) in [7, 11) is 0. The number of aromatic nitrogens is 1. The largest absolute Gasteiger partial charge is 0.385 e. The molecule has 0 saturated carbocycles. The van der Waals surface area contributed by atoms with Crippen LogP contribution in [0.1, 0.15) is 31.0 Å². The third-order valence-electron chi connectivity index (χ3n) is 4.50. The van der Waals surface area contributed by atoms with E-state index >= 15 is 0 Å². The Morgan fingerprint density at radius 2 is 1.95 bits per heavy atom. The lowest BCUT2D eigenvalue weighted by molar-refractivity contribution is -0.0246. The Hall–Kier alpha value is -1.45. The van der Waals surface area contributed by atoms with Crippen molar-refractivity contribution in [3.63, 3.8) is 0 Å². The molecule has 1 aromatic heterocycles. The fraction of sp³-hybridized carbons (Fsp3) is 0.471. The van der Waals surface area contributed by atoms with Gasteiger partial charge in [0.15, 0.2) is 0 Å². The number of hydrogen-bond donors (Lipinski definition) is 1. The first kappa shape index (κ1) is 13.5. The molecular formula is C17H22N2O. The van der Waals surface area contributed by atoms with Gasteiger partial charge in [-0.05, 0) is 50.1 Å². The number of aryl methyl sites for hydroxylation is 1. The standard InChI is InChI=1S/C17H22N2O/c1-3-19-10-8-17(20,9-11-19)15-6-7-16-14(12-15)5-4-13(2)18-16/h4-7,12,20H,3,8-11H2,1-2H3. The molecule has 1 aliphatic rings. The molecule has 2 heterocycles. The van der Waals surface area contributed by atoms with E-state index in [-0.39, 0.29) is 0 Å². The van der Waals surface area contributed by atoms with E-state index in [4.69, 9.17) is 0 Å². The average Bonchev–Trinajstić information content (AvgIpc) is 2.47. The molecule has 106 valence electrons. The van der Waals surface area contributed by atoms with Gasteiger partial charge >= 0.3 is 0 Å². The Morgan fingerprint density at radius 1 is 1.20 bits per heavy atom. The van der Waals surface area contributed by atoms with Gasteiger partial charge in [0, 0.05) is 24.2 Å². The molecule has 0 unspecified atom stereocenters. The molecule has 3 rings (SSSR count). The lowest BCUT2D eigenvalue weighted by atomic mass is 9.84. The highest BCUT2D eigenvalue weighted by Gasteiger charge is 2.33. The van der Waals surface area contributed by atoms with Crippen molar-refractivity contribution >= 4 is 10.9 Å². The number of pyridine rings is 1. The Balaban J connectivity index is 1.92. The van der Waals surface area contributed by atoms with Crippen molar-refractivity contribution in [3.05, 3.63) is 41.6 Å². The van der Waals surface area contributed by atoms with Crippen molar-refractivity contribution in [3.8, 4) is 0 Å². The summed E-state index contributed by atoms with van der Waals surface area (Å²) in [4.78, 5) is 6.91. The van der Waals surface area contributed by atoms with Crippen molar-refractivity contribution in [2.45, 2.75) is 32.3 Å². The molecule has 0 spiro atoms. The second-order valence-corrected chi connectivity index (χ2v) is 5.83. The minimum atomic E-state index is -0.676.